The quantitative estimate of drug-likeness (QED) is 0.432. The summed E-state index contributed by atoms with van der Waals surface area (Å²) in [7, 11) is 0. The summed E-state index contributed by atoms with van der Waals surface area (Å²) in [5, 5.41) is 2.67. The van der Waals surface area contributed by atoms with Crippen LogP contribution in [-0.2, 0) is 16.1 Å². The largest absolute Gasteiger partial charge is 0.573 e. The standard InChI is InChI=1S/C24H17F3N4O3/c25-24(26,27)34-19-7-3-5-17(13-19)9-10-21-20(30-22-8-1-2-12-31(21)22)15-33-16-23(32)29-18-6-4-11-28-14-18/h1-8,11-14H,15-16H2,(H,29,32). The fourth-order valence-corrected chi connectivity index (χ4v) is 3.05. The molecule has 0 saturated heterocycles. The first-order valence-corrected chi connectivity index (χ1v) is 9.99. The van der Waals surface area contributed by atoms with Crippen molar-refractivity contribution in [3.05, 3.63) is 90.1 Å². The number of nitrogens with zero attached hydrogens (tertiary/aromatic N) is 3. The monoisotopic (exact) mass is 466 g/mol. The van der Waals surface area contributed by atoms with Crippen LogP contribution in [0.5, 0.6) is 5.75 Å². The second kappa shape index (κ2) is 10.1. The number of imidazole rings is 1. The van der Waals surface area contributed by atoms with E-state index in [-0.39, 0.29) is 24.9 Å². The summed E-state index contributed by atoms with van der Waals surface area (Å²) >= 11 is 0. The smallest absolute Gasteiger partial charge is 0.406 e. The minimum absolute atomic E-state index is 0.00335. The molecule has 1 N–H and O–H groups in total. The zero-order chi connectivity index (χ0) is 24.0. The van der Waals surface area contributed by atoms with E-state index in [4.69, 9.17) is 4.74 Å². The number of carbonyl (C=O) groups excluding carboxylic acids is 1. The first-order valence-electron chi connectivity index (χ1n) is 9.99. The summed E-state index contributed by atoms with van der Waals surface area (Å²) in [6.45, 7) is -0.212. The number of aromatic nitrogens is 3. The molecule has 34 heavy (non-hydrogen) atoms. The molecule has 1 amide bonds. The maximum Gasteiger partial charge on any atom is 0.573 e. The van der Waals surface area contributed by atoms with Gasteiger partial charge in [0.1, 0.15) is 29.4 Å². The predicted molar refractivity (Wildman–Crippen MR) is 117 cm³/mol. The summed E-state index contributed by atoms with van der Waals surface area (Å²) < 4.78 is 48.7. The topological polar surface area (TPSA) is 77.8 Å². The lowest BCUT2D eigenvalue weighted by Crippen LogP contribution is -2.18. The van der Waals surface area contributed by atoms with Gasteiger partial charge in [-0.1, -0.05) is 18.1 Å². The number of amides is 1. The number of fused-ring (bicyclic) bond motifs is 1. The first-order chi connectivity index (χ1) is 16.4. The number of carbonyl (C=O) groups is 1. The van der Waals surface area contributed by atoms with E-state index >= 15 is 0 Å². The molecule has 3 heterocycles. The minimum Gasteiger partial charge on any atom is -0.406 e. The molecule has 4 aromatic rings. The number of benzene rings is 1. The van der Waals surface area contributed by atoms with Crippen molar-refractivity contribution in [1.29, 1.82) is 0 Å². The van der Waals surface area contributed by atoms with Crippen molar-refractivity contribution in [3.8, 4) is 17.6 Å². The summed E-state index contributed by atoms with van der Waals surface area (Å²) in [5.74, 6) is 5.07. The zero-order valence-corrected chi connectivity index (χ0v) is 17.5. The van der Waals surface area contributed by atoms with Crippen LogP contribution in [0, 0.1) is 11.8 Å². The Bertz CT molecular complexity index is 1360. The highest BCUT2D eigenvalue weighted by Crippen LogP contribution is 2.23. The fraction of sp³-hybridized carbons (Fsp3) is 0.125. The van der Waals surface area contributed by atoms with Crippen molar-refractivity contribution in [2.45, 2.75) is 13.0 Å². The molecule has 7 nitrogen and oxygen atoms in total. The van der Waals surface area contributed by atoms with Gasteiger partial charge < -0.3 is 14.8 Å². The van der Waals surface area contributed by atoms with E-state index in [1.165, 1.54) is 24.4 Å². The third-order valence-electron chi connectivity index (χ3n) is 4.41. The molecule has 0 aliphatic rings. The van der Waals surface area contributed by atoms with Crippen LogP contribution >= 0.6 is 0 Å². The number of alkyl halides is 3. The van der Waals surface area contributed by atoms with Gasteiger partial charge >= 0.3 is 6.36 Å². The van der Waals surface area contributed by atoms with Gasteiger partial charge in [-0.05, 0) is 48.4 Å². The summed E-state index contributed by atoms with van der Waals surface area (Å²) in [6.07, 6.45) is 0.0792. The Kier molecular flexibility index (Phi) is 6.75. The molecule has 4 rings (SSSR count). The average Bonchev–Trinajstić information content (AvgIpc) is 3.15. The van der Waals surface area contributed by atoms with Gasteiger partial charge in [0.25, 0.3) is 0 Å². The van der Waals surface area contributed by atoms with E-state index in [1.54, 1.807) is 47.1 Å². The SMILES string of the molecule is O=C(COCc1nc2ccccn2c1C#Cc1cccc(OC(F)(F)F)c1)Nc1cccnc1. The number of hydrogen-bond acceptors (Lipinski definition) is 5. The van der Waals surface area contributed by atoms with E-state index in [2.05, 4.69) is 31.9 Å². The second-order valence-corrected chi connectivity index (χ2v) is 6.94. The first kappa shape index (κ1) is 22.8. The molecule has 3 aromatic heterocycles. The number of rotatable bonds is 6. The van der Waals surface area contributed by atoms with Crippen LogP contribution in [0.4, 0.5) is 18.9 Å². The van der Waals surface area contributed by atoms with Crippen LogP contribution in [0.15, 0.2) is 73.2 Å². The van der Waals surface area contributed by atoms with Gasteiger partial charge in [-0.2, -0.15) is 0 Å². The number of halogens is 3. The highest BCUT2D eigenvalue weighted by Gasteiger charge is 2.31. The second-order valence-electron chi connectivity index (χ2n) is 6.94. The molecular formula is C24H17F3N4O3. The average molecular weight is 466 g/mol. The van der Waals surface area contributed by atoms with E-state index < -0.39 is 6.36 Å². The molecule has 0 aliphatic heterocycles. The highest BCUT2D eigenvalue weighted by molar-refractivity contribution is 5.91. The van der Waals surface area contributed by atoms with Crippen LogP contribution in [0.2, 0.25) is 0 Å². The number of nitrogens with one attached hydrogen (secondary N) is 1. The maximum atomic E-state index is 12.5. The van der Waals surface area contributed by atoms with E-state index in [0.29, 0.717) is 28.3 Å². The molecule has 10 heteroatoms. The molecule has 0 spiro atoms. The van der Waals surface area contributed by atoms with Gasteiger partial charge in [0.15, 0.2) is 0 Å². The molecule has 0 saturated carbocycles. The van der Waals surface area contributed by atoms with Crippen molar-refractivity contribution in [2.24, 2.45) is 0 Å². The van der Waals surface area contributed by atoms with Crippen molar-refractivity contribution >= 4 is 17.2 Å². The van der Waals surface area contributed by atoms with Crippen molar-refractivity contribution in [3.63, 3.8) is 0 Å². The number of pyridine rings is 2. The van der Waals surface area contributed by atoms with Crippen molar-refractivity contribution in [2.75, 3.05) is 11.9 Å². The van der Waals surface area contributed by atoms with E-state index in [9.17, 15) is 18.0 Å². The Balaban J connectivity index is 1.50. The maximum absolute atomic E-state index is 12.5. The lowest BCUT2D eigenvalue weighted by atomic mass is 10.2. The van der Waals surface area contributed by atoms with Crippen molar-refractivity contribution in [1.82, 2.24) is 14.4 Å². The van der Waals surface area contributed by atoms with Crippen LogP contribution in [0.1, 0.15) is 17.0 Å². The summed E-state index contributed by atoms with van der Waals surface area (Å²) in [4.78, 5) is 20.5. The van der Waals surface area contributed by atoms with Crippen LogP contribution < -0.4 is 10.1 Å². The minimum atomic E-state index is -4.79. The van der Waals surface area contributed by atoms with Crippen LogP contribution in [0.3, 0.4) is 0 Å². The number of hydrogen-bond donors (Lipinski definition) is 1. The predicted octanol–water partition coefficient (Wildman–Crippen LogP) is 4.18. The summed E-state index contributed by atoms with van der Waals surface area (Å²) in [5.41, 5.74) is 2.46. The van der Waals surface area contributed by atoms with Gasteiger partial charge in [-0.15, -0.1) is 13.2 Å². The van der Waals surface area contributed by atoms with E-state index in [0.717, 1.165) is 0 Å². The molecular weight excluding hydrogens is 449 g/mol. The molecule has 0 atom stereocenters. The Morgan fingerprint density at radius 1 is 1.09 bits per heavy atom. The molecule has 0 fully saturated rings. The fourth-order valence-electron chi connectivity index (χ4n) is 3.05. The van der Waals surface area contributed by atoms with Gasteiger partial charge in [0, 0.05) is 18.0 Å². The van der Waals surface area contributed by atoms with Crippen LogP contribution in [-0.4, -0.2) is 33.2 Å². The third kappa shape index (κ3) is 6.11. The lowest BCUT2D eigenvalue weighted by Gasteiger charge is -2.08. The Labute approximate surface area is 192 Å². The van der Waals surface area contributed by atoms with Gasteiger partial charge in [0.05, 0.1) is 18.5 Å². The Morgan fingerprint density at radius 3 is 2.76 bits per heavy atom. The summed E-state index contributed by atoms with van der Waals surface area (Å²) in [6, 6.07) is 14.2. The van der Waals surface area contributed by atoms with Gasteiger partial charge in [-0.25, -0.2) is 4.98 Å². The molecule has 1 aromatic carbocycles. The molecule has 0 aliphatic carbocycles. The van der Waals surface area contributed by atoms with Gasteiger partial charge in [0.2, 0.25) is 5.91 Å². The molecule has 0 unspecified atom stereocenters. The Hall–Kier alpha value is -4.36. The van der Waals surface area contributed by atoms with E-state index in [1.807, 2.05) is 6.07 Å². The highest BCUT2D eigenvalue weighted by atomic mass is 19.4. The molecule has 172 valence electrons. The number of ether oxygens (including phenoxy) is 2. The molecule has 0 radical (unpaired) electrons. The van der Waals surface area contributed by atoms with Crippen LogP contribution in [0.25, 0.3) is 5.65 Å². The Morgan fingerprint density at radius 2 is 1.97 bits per heavy atom. The third-order valence-corrected chi connectivity index (χ3v) is 4.41. The normalized spacial score (nSPS) is 11.0. The number of anilines is 1. The lowest BCUT2D eigenvalue weighted by molar-refractivity contribution is -0.274. The zero-order valence-electron chi connectivity index (χ0n) is 17.5. The van der Waals surface area contributed by atoms with Crippen molar-refractivity contribution < 1.29 is 27.4 Å². The van der Waals surface area contributed by atoms with Gasteiger partial charge in [-0.3, -0.25) is 14.2 Å². The molecule has 0 bridgehead atoms.